The Labute approximate surface area is 155 Å². The van der Waals surface area contributed by atoms with Gasteiger partial charge in [-0.05, 0) is 55.1 Å². The molecule has 140 valence electrons. The van der Waals surface area contributed by atoms with Crippen molar-refractivity contribution in [1.29, 1.82) is 0 Å². The summed E-state index contributed by atoms with van der Waals surface area (Å²) in [4.78, 5) is 28.5. The quantitative estimate of drug-likeness (QED) is 0.495. The van der Waals surface area contributed by atoms with Gasteiger partial charge in [0.05, 0.1) is 11.3 Å². The van der Waals surface area contributed by atoms with E-state index < -0.39 is 11.5 Å². The molecular weight excluding hydrogens is 381 g/mol. The van der Waals surface area contributed by atoms with Crippen LogP contribution in [0.3, 0.4) is 0 Å². The average molecular weight is 394 g/mol. The van der Waals surface area contributed by atoms with Crippen LogP contribution in [0.4, 0.5) is 13.2 Å². The van der Waals surface area contributed by atoms with Crippen molar-refractivity contribution in [2.45, 2.75) is 23.9 Å². The first-order valence-electron chi connectivity index (χ1n) is 7.74. The van der Waals surface area contributed by atoms with Gasteiger partial charge in [0.2, 0.25) is 0 Å². The van der Waals surface area contributed by atoms with Crippen LogP contribution >= 0.6 is 11.8 Å². The Balaban J connectivity index is 1.70. The van der Waals surface area contributed by atoms with E-state index in [1.807, 2.05) is 0 Å². The van der Waals surface area contributed by atoms with Gasteiger partial charge in [-0.2, -0.15) is 13.2 Å². The SMILES string of the molecule is Cc1cccc2nc(COC(=O)c3ccc(SC(F)(F)F)cc3)cc(=O)n12. The maximum atomic E-state index is 12.3. The van der Waals surface area contributed by atoms with E-state index in [9.17, 15) is 22.8 Å². The molecule has 0 atom stereocenters. The Morgan fingerprint density at radius 3 is 2.56 bits per heavy atom. The van der Waals surface area contributed by atoms with E-state index in [-0.39, 0.29) is 40.1 Å². The molecule has 3 aromatic rings. The Morgan fingerprint density at radius 1 is 1.19 bits per heavy atom. The molecule has 2 aromatic heterocycles. The Morgan fingerprint density at radius 2 is 1.89 bits per heavy atom. The first kappa shape index (κ1) is 19.0. The summed E-state index contributed by atoms with van der Waals surface area (Å²) < 4.78 is 43.5. The number of hydrogen-bond acceptors (Lipinski definition) is 5. The number of carbonyl (C=O) groups excluding carboxylic acids is 1. The lowest BCUT2D eigenvalue weighted by atomic mass is 10.2. The van der Waals surface area contributed by atoms with Crippen molar-refractivity contribution >= 4 is 23.4 Å². The Bertz CT molecular complexity index is 1050. The summed E-state index contributed by atoms with van der Waals surface area (Å²) >= 11 is -0.264. The molecule has 0 aliphatic heterocycles. The normalized spacial score (nSPS) is 11.6. The van der Waals surface area contributed by atoms with Crippen LogP contribution in [0.1, 0.15) is 21.7 Å². The molecule has 27 heavy (non-hydrogen) atoms. The number of thioether (sulfide) groups is 1. The van der Waals surface area contributed by atoms with Crippen LogP contribution < -0.4 is 5.56 Å². The fourth-order valence-electron chi connectivity index (χ4n) is 2.45. The summed E-state index contributed by atoms with van der Waals surface area (Å²) in [6, 6.07) is 11.4. The van der Waals surface area contributed by atoms with Gasteiger partial charge in [0.1, 0.15) is 12.3 Å². The number of aromatic nitrogens is 2. The predicted octanol–water partition coefficient (Wildman–Crippen LogP) is 3.97. The summed E-state index contributed by atoms with van der Waals surface area (Å²) in [5.74, 6) is -0.718. The second-order valence-corrected chi connectivity index (χ2v) is 6.73. The van der Waals surface area contributed by atoms with Crippen molar-refractivity contribution in [2.75, 3.05) is 0 Å². The second-order valence-electron chi connectivity index (χ2n) is 5.59. The molecule has 0 spiro atoms. The van der Waals surface area contributed by atoms with Crippen LogP contribution in [0.2, 0.25) is 0 Å². The van der Waals surface area contributed by atoms with Gasteiger partial charge < -0.3 is 4.74 Å². The number of rotatable bonds is 4. The van der Waals surface area contributed by atoms with Gasteiger partial charge in [-0.15, -0.1) is 0 Å². The standard InChI is InChI=1S/C18H13F3N2O3S/c1-11-3-2-4-15-22-13(9-16(24)23(11)15)10-26-17(25)12-5-7-14(8-6-12)27-18(19,20)21/h2-9H,10H2,1H3. The molecule has 0 bridgehead atoms. The predicted molar refractivity (Wildman–Crippen MR) is 93.7 cm³/mol. The van der Waals surface area contributed by atoms with E-state index in [0.29, 0.717) is 5.65 Å². The van der Waals surface area contributed by atoms with Crippen LogP contribution in [-0.2, 0) is 11.3 Å². The van der Waals surface area contributed by atoms with Gasteiger partial charge in [0, 0.05) is 16.7 Å². The smallest absolute Gasteiger partial charge is 0.446 e. The van der Waals surface area contributed by atoms with E-state index in [1.165, 1.54) is 34.7 Å². The highest BCUT2D eigenvalue weighted by Crippen LogP contribution is 2.36. The summed E-state index contributed by atoms with van der Waals surface area (Å²) in [5.41, 5.74) is -3.14. The summed E-state index contributed by atoms with van der Waals surface area (Å²) in [5, 5.41) is 0. The molecule has 0 fully saturated rings. The molecular formula is C18H13F3N2O3S. The molecule has 3 rings (SSSR count). The van der Waals surface area contributed by atoms with Crippen molar-refractivity contribution in [1.82, 2.24) is 9.38 Å². The second kappa shape index (κ2) is 7.43. The lowest BCUT2D eigenvalue weighted by molar-refractivity contribution is -0.0328. The van der Waals surface area contributed by atoms with Crippen LogP contribution in [0.5, 0.6) is 0 Å². The number of aryl methyl sites for hydroxylation is 1. The summed E-state index contributed by atoms with van der Waals surface area (Å²) in [6.45, 7) is 1.55. The molecule has 2 heterocycles. The number of carbonyl (C=O) groups is 1. The molecule has 0 aliphatic rings. The van der Waals surface area contributed by atoms with E-state index in [0.717, 1.165) is 5.69 Å². The van der Waals surface area contributed by atoms with Crippen LogP contribution in [0.15, 0.2) is 58.2 Å². The lowest BCUT2D eigenvalue weighted by Crippen LogP contribution is -2.18. The maximum absolute atomic E-state index is 12.3. The monoisotopic (exact) mass is 394 g/mol. The van der Waals surface area contributed by atoms with E-state index >= 15 is 0 Å². The number of nitrogens with zero attached hydrogens (tertiary/aromatic N) is 2. The third-order valence-electron chi connectivity index (χ3n) is 3.61. The van der Waals surface area contributed by atoms with Gasteiger partial charge in [-0.3, -0.25) is 9.20 Å². The third kappa shape index (κ3) is 4.68. The number of esters is 1. The lowest BCUT2D eigenvalue weighted by Gasteiger charge is -2.08. The van der Waals surface area contributed by atoms with Gasteiger partial charge in [-0.25, -0.2) is 9.78 Å². The van der Waals surface area contributed by atoms with Crippen LogP contribution in [0.25, 0.3) is 5.65 Å². The molecule has 9 heteroatoms. The fourth-order valence-corrected chi connectivity index (χ4v) is 2.99. The zero-order valence-corrected chi connectivity index (χ0v) is 14.8. The van der Waals surface area contributed by atoms with Gasteiger partial charge >= 0.3 is 11.5 Å². The number of hydrogen-bond donors (Lipinski definition) is 0. The minimum Gasteiger partial charge on any atom is -0.456 e. The molecule has 0 N–H and O–H groups in total. The fraction of sp³-hybridized carbons (Fsp3) is 0.167. The highest BCUT2D eigenvalue weighted by Gasteiger charge is 2.29. The minimum absolute atomic E-state index is 0.0290. The van der Waals surface area contributed by atoms with E-state index in [2.05, 4.69) is 4.98 Å². The molecule has 5 nitrogen and oxygen atoms in total. The maximum Gasteiger partial charge on any atom is 0.446 e. The van der Waals surface area contributed by atoms with Crippen molar-refractivity contribution in [3.8, 4) is 0 Å². The van der Waals surface area contributed by atoms with E-state index in [1.54, 1.807) is 25.1 Å². The number of halogens is 3. The molecule has 0 aliphatic carbocycles. The molecule has 0 saturated heterocycles. The number of pyridine rings is 1. The number of alkyl halides is 3. The molecule has 1 aromatic carbocycles. The number of ether oxygens (including phenoxy) is 1. The zero-order chi connectivity index (χ0) is 19.6. The van der Waals surface area contributed by atoms with Crippen molar-refractivity contribution < 1.29 is 22.7 Å². The highest BCUT2D eigenvalue weighted by atomic mass is 32.2. The first-order chi connectivity index (χ1) is 12.7. The molecule has 0 amide bonds. The molecule has 0 radical (unpaired) electrons. The Hall–Kier alpha value is -2.81. The molecule has 0 unspecified atom stereocenters. The third-order valence-corrected chi connectivity index (χ3v) is 4.35. The van der Waals surface area contributed by atoms with Crippen LogP contribution in [-0.4, -0.2) is 20.9 Å². The minimum atomic E-state index is -4.39. The average Bonchev–Trinajstić information content (AvgIpc) is 2.59. The first-order valence-corrected chi connectivity index (χ1v) is 8.56. The van der Waals surface area contributed by atoms with Gasteiger partial charge in [-0.1, -0.05) is 6.07 Å². The highest BCUT2D eigenvalue weighted by molar-refractivity contribution is 8.00. The largest absolute Gasteiger partial charge is 0.456 e. The van der Waals surface area contributed by atoms with Gasteiger partial charge in [0.15, 0.2) is 0 Å². The number of benzene rings is 1. The van der Waals surface area contributed by atoms with Crippen molar-refractivity contribution in [3.05, 3.63) is 75.8 Å². The topological polar surface area (TPSA) is 60.7 Å². The summed E-state index contributed by atoms with van der Waals surface area (Å²) in [7, 11) is 0. The number of fused-ring (bicyclic) bond motifs is 1. The van der Waals surface area contributed by atoms with Crippen LogP contribution in [0, 0.1) is 6.92 Å². The zero-order valence-electron chi connectivity index (χ0n) is 14.0. The Kier molecular flexibility index (Phi) is 5.22. The van der Waals surface area contributed by atoms with Crippen molar-refractivity contribution in [3.63, 3.8) is 0 Å². The van der Waals surface area contributed by atoms with Crippen molar-refractivity contribution in [2.24, 2.45) is 0 Å². The summed E-state index contributed by atoms with van der Waals surface area (Å²) in [6.07, 6.45) is 0. The van der Waals surface area contributed by atoms with E-state index in [4.69, 9.17) is 4.74 Å². The van der Waals surface area contributed by atoms with Gasteiger partial charge in [0.25, 0.3) is 5.56 Å². The molecule has 0 saturated carbocycles.